The SMILES string of the molecule is CCCc1n[nH]c(=S)n1NCc1cc(OCC)c(OCc2ccc(F)cc2Cl)cc1Cl. The second-order valence-electron chi connectivity index (χ2n) is 6.71. The Balaban J connectivity index is 1.78. The van der Waals surface area contributed by atoms with E-state index in [1.54, 1.807) is 16.8 Å². The summed E-state index contributed by atoms with van der Waals surface area (Å²) in [5.41, 5.74) is 4.71. The van der Waals surface area contributed by atoms with Crippen molar-refractivity contribution >= 4 is 35.4 Å². The molecule has 0 saturated carbocycles. The average molecular weight is 485 g/mol. The van der Waals surface area contributed by atoms with Crippen LogP contribution in [0, 0.1) is 10.6 Å². The monoisotopic (exact) mass is 484 g/mol. The van der Waals surface area contributed by atoms with E-state index in [1.807, 2.05) is 13.0 Å². The quantitative estimate of drug-likeness (QED) is 0.342. The lowest BCUT2D eigenvalue weighted by atomic mass is 10.2. The highest BCUT2D eigenvalue weighted by molar-refractivity contribution is 7.71. The smallest absolute Gasteiger partial charge is 0.214 e. The van der Waals surface area contributed by atoms with E-state index in [4.69, 9.17) is 44.9 Å². The number of H-pyrrole nitrogens is 1. The van der Waals surface area contributed by atoms with E-state index in [9.17, 15) is 4.39 Å². The van der Waals surface area contributed by atoms with Crippen LogP contribution < -0.4 is 14.9 Å². The molecule has 0 bridgehead atoms. The topological polar surface area (TPSA) is 64.1 Å². The summed E-state index contributed by atoms with van der Waals surface area (Å²) >= 11 is 17.9. The minimum absolute atomic E-state index is 0.150. The normalized spacial score (nSPS) is 10.9. The maximum absolute atomic E-state index is 13.3. The van der Waals surface area contributed by atoms with E-state index >= 15 is 0 Å². The number of aromatic nitrogens is 3. The van der Waals surface area contributed by atoms with Crippen molar-refractivity contribution < 1.29 is 13.9 Å². The molecule has 31 heavy (non-hydrogen) atoms. The summed E-state index contributed by atoms with van der Waals surface area (Å²) in [6.07, 6.45) is 1.73. The molecular weight excluding hydrogens is 462 g/mol. The second kappa shape index (κ2) is 10.8. The molecule has 0 aliphatic carbocycles. The summed E-state index contributed by atoms with van der Waals surface area (Å²) < 4.78 is 27.1. The summed E-state index contributed by atoms with van der Waals surface area (Å²) in [6.45, 7) is 4.97. The van der Waals surface area contributed by atoms with E-state index in [0.29, 0.717) is 45.0 Å². The number of nitrogens with one attached hydrogen (secondary N) is 2. The first-order valence-electron chi connectivity index (χ1n) is 9.85. The van der Waals surface area contributed by atoms with Crippen LogP contribution in [0.3, 0.4) is 0 Å². The Morgan fingerprint density at radius 2 is 1.84 bits per heavy atom. The lowest BCUT2D eigenvalue weighted by Gasteiger charge is -2.16. The lowest BCUT2D eigenvalue weighted by Crippen LogP contribution is -2.18. The molecule has 2 aromatic carbocycles. The zero-order valence-electron chi connectivity index (χ0n) is 17.2. The van der Waals surface area contributed by atoms with Crippen molar-refractivity contribution in [1.82, 2.24) is 14.9 Å². The molecule has 0 aliphatic rings. The van der Waals surface area contributed by atoms with Crippen molar-refractivity contribution in [1.29, 1.82) is 0 Å². The first kappa shape index (κ1) is 23.4. The Morgan fingerprint density at radius 1 is 1.10 bits per heavy atom. The van der Waals surface area contributed by atoms with E-state index < -0.39 is 5.82 Å². The van der Waals surface area contributed by atoms with Gasteiger partial charge in [0.15, 0.2) is 17.3 Å². The molecule has 0 amide bonds. The molecule has 3 aromatic rings. The van der Waals surface area contributed by atoms with Crippen LogP contribution >= 0.6 is 35.4 Å². The van der Waals surface area contributed by atoms with Crippen LogP contribution in [0.2, 0.25) is 10.0 Å². The molecule has 1 heterocycles. The van der Waals surface area contributed by atoms with Crippen molar-refractivity contribution in [3.63, 3.8) is 0 Å². The van der Waals surface area contributed by atoms with Gasteiger partial charge < -0.3 is 14.9 Å². The van der Waals surface area contributed by atoms with Gasteiger partial charge in [0, 0.05) is 23.1 Å². The summed E-state index contributed by atoms with van der Waals surface area (Å²) in [5.74, 6) is 1.45. The maximum Gasteiger partial charge on any atom is 0.214 e. The molecule has 2 N–H and O–H groups in total. The number of hydrogen-bond donors (Lipinski definition) is 2. The number of aromatic amines is 1. The predicted octanol–water partition coefficient (Wildman–Crippen LogP) is 6.06. The highest BCUT2D eigenvalue weighted by atomic mass is 35.5. The number of rotatable bonds is 10. The Bertz CT molecular complexity index is 1100. The minimum atomic E-state index is -0.400. The molecule has 0 radical (unpaired) electrons. The molecule has 0 aliphatic heterocycles. The molecule has 0 fully saturated rings. The molecule has 0 spiro atoms. The standard InChI is InChI=1S/C21H23Cl2FN4O2S/c1-3-5-20-26-27-21(31)28(20)25-11-14-8-18(29-4-2)19(10-17(14)23)30-12-13-6-7-15(24)9-16(13)22/h6-10,25H,3-5,11-12H2,1-2H3,(H,27,31). The highest BCUT2D eigenvalue weighted by Gasteiger charge is 2.14. The molecule has 166 valence electrons. The van der Waals surface area contributed by atoms with Crippen LogP contribution in [0.25, 0.3) is 0 Å². The van der Waals surface area contributed by atoms with E-state index in [1.165, 1.54) is 12.1 Å². The van der Waals surface area contributed by atoms with E-state index in [-0.39, 0.29) is 6.61 Å². The Morgan fingerprint density at radius 3 is 2.55 bits per heavy atom. The average Bonchev–Trinajstić information content (AvgIpc) is 3.07. The van der Waals surface area contributed by atoms with Gasteiger partial charge in [-0.15, -0.1) is 0 Å². The van der Waals surface area contributed by atoms with Gasteiger partial charge >= 0.3 is 0 Å². The summed E-state index contributed by atoms with van der Waals surface area (Å²) in [7, 11) is 0. The molecule has 3 rings (SSSR count). The molecule has 0 unspecified atom stereocenters. The molecular formula is C21H23Cl2FN4O2S. The van der Waals surface area contributed by atoms with Crippen molar-refractivity contribution in [2.24, 2.45) is 0 Å². The number of benzene rings is 2. The van der Waals surface area contributed by atoms with Gasteiger partial charge in [0.1, 0.15) is 12.4 Å². The third-order valence-corrected chi connectivity index (χ3v) is 5.43. The Hall–Kier alpha value is -2.29. The highest BCUT2D eigenvalue weighted by Crippen LogP contribution is 2.35. The van der Waals surface area contributed by atoms with Gasteiger partial charge in [-0.2, -0.15) is 5.10 Å². The number of hydrogen-bond acceptors (Lipinski definition) is 5. The first-order chi connectivity index (χ1) is 14.9. The van der Waals surface area contributed by atoms with Crippen LogP contribution in [0.5, 0.6) is 11.5 Å². The second-order valence-corrected chi connectivity index (χ2v) is 7.91. The zero-order valence-corrected chi connectivity index (χ0v) is 19.5. The van der Waals surface area contributed by atoms with Crippen LogP contribution in [0.4, 0.5) is 4.39 Å². The third-order valence-electron chi connectivity index (χ3n) is 4.45. The fraction of sp³-hybridized carbons (Fsp3) is 0.333. The Labute approximate surface area is 195 Å². The van der Waals surface area contributed by atoms with Gasteiger partial charge in [-0.1, -0.05) is 36.2 Å². The van der Waals surface area contributed by atoms with Gasteiger partial charge in [-0.05, 0) is 49.3 Å². The largest absolute Gasteiger partial charge is 0.490 e. The van der Waals surface area contributed by atoms with Gasteiger partial charge in [0.05, 0.1) is 18.2 Å². The Kier molecular flexibility index (Phi) is 8.17. The number of aryl methyl sites for hydroxylation is 1. The van der Waals surface area contributed by atoms with Crippen LogP contribution in [0.15, 0.2) is 30.3 Å². The van der Waals surface area contributed by atoms with Crippen molar-refractivity contribution in [2.75, 3.05) is 12.0 Å². The third kappa shape index (κ3) is 5.90. The number of ether oxygens (including phenoxy) is 2. The predicted molar refractivity (Wildman–Crippen MR) is 123 cm³/mol. The van der Waals surface area contributed by atoms with Crippen LogP contribution in [-0.4, -0.2) is 21.5 Å². The maximum atomic E-state index is 13.3. The summed E-state index contributed by atoms with van der Waals surface area (Å²) in [4.78, 5) is 0. The van der Waals surface area contributed by atoms with E-state index in [2.05, 4.69) is 22.5 Å². The van der Waals surface area contributed by atoms with Crippen LogP contribution in [-0.2, 0) is 19.6 Å². The molecule has 6 nitrogen and oxygen atoms in total. The fourth-order valence-electron chi connectivity index (χ4n) is 2.94. The summed E-state index contributed by atoms with van der Waals surface area (Å²) in [6, 6.07) is 7.69. The minimum Gasteiger partial charge on any atom is -0.490 e. The van der Waals surface area contributed by atoms with Gasteiger partial charge in [-0.3, -0.25) is 5.10 Å². The summed E-state index contributed by atoms with van der Waals surface area (Å²) in [5, 5.41) is 7.83. The fourth-order valence-corrected chi connectivity index (χ4v) is 3.59. The van der Waals surface area contributed by atoms with Crippen LogP contribution in [0.1, 0.15) is 37.2 Å². The molecule has 1 aromatic heterocycles. The van der Waals surface area contributed by atoms with E-state index in [0.717, 1.165) is 24.2 Å². The van der Waals surface area contributed by atoms with Crippen molar-refractivity contribution in [3.05, 3.63) is 67.9 Å². The van der Waals surface area contributed by atoms with Gasteiger partial charge in [0.25, 0.3) is 0 Å². The molecule has 0 atom stereocenters. The lowest BCUT2D eigenvalue weighted by molar-refractivity contribution is 0.269. The van der Waals surface area contributed by atoms with Crippen molar-refractivity contribution in [3.8, 4) is 11.5 Å². The molecule has 10 heteroatoms. The van der Waals surface area contributed by atoms with Crippen molar-refractivity contribution in [2.45, 2.75) is 39.8 Å². The molecule has 0 saturated heterocycles. The zero-order chi connectivity index (χ0) is 22.4. The van der Waals surface area contributed by atoms with Gasteiger partial charge in [0.2, 0.25) is 4.77 Å². The number of halogens is 3. The number of nitrogens with zero attached hydrogens (tertiary/aromatic N) is 2. The van der Waals surface area contributed by atoms with Gasteiger partial charge in [-0.25, -0.2) is 9.07 Å². The first-order valence-corrected chi connectivity index (χ1v) is 11.0.